The van der Waals surface area contributed by atoms with E-state index >= 15 is 0 Å². The second-order valence-corrected chi connectivity index (χ2v) is 2.84. The molecule has 0 amide bonds. The monoisotopic (exact) mass is 163 g/mol. The number of para-hydroxylation sites is 1. The highest BCUT2D eigenvalue weighted by Crippen LogP contribution is 2.17. The minimum absolute atomic E-state index is 1.19. The van der Waals surface area contributed by atoms with Gasteiger partial charge in [-0.25, -0.2) is 5.32 Å². The van der Waals surface area contributed by atoms with Gasteiger partial charge in [-0.3, -0.25) is 4.99 Å². The fraction of sp³-hybridized carbons (Fsp3) is 0.300. The van der Waals surface area contributed by atoms with E-state index < -0.39 is 0 Å². The summed E-state index contributed by atoms with van der Waals surface area (Å²) in [7, 11) is 1.88. The molecule has 0 saturated carbocycles. The van der Waals surface area contributed by atoms with Crippen LogP contribution in [0, 0.1) is 13.8 Å². The number of nitrogens with one attached hydrogen (secondary N) is 2. The lowest BCUT2D eigenvalue weighted by Gasteiger charge is -2.02. The average Bonchev–Trinajstić information content (AvgIpc) is 2.04. The maximum atomic E-state index is 3.19. The predicted molar refractivity (Wildman–Crippen MR) is 52.5 cm³/mol. The van der Waals surface area contributed by atoms with Gasteiger partial charge in [0.15, 0.2) is 0 Å². The van der Waals surface area contributed by atoms with Gasteiger partial charge in [-0.1, -0.05) is 18.2 Å². The maximum Gasteiger partial charge on any atom is 0.234 e. The van der Waals surface area contributed by atoms with Gasteiger partial charge < -0.3 is 0 Å². The van der Waals surface area contributed by atoms with Crippen LogP contribution in [0.2, 0.25) is 0 Å². The molecular formula is C10H15N2+. The third kappa shape index (κ3) is 1.84. The number of benzene rings is 1. The molecule has 0 heterocycles. The highest BCUT2D eigenvalue weighted by atomic mass is 14.9. The minimum Gasteiger partial charge on any atom is -0.284 e. The molecule has 2 heteroatoms. The molecule has 0 aliphatic carbocycles. The lowest BCUT2D eigenvalue weighted by molar-refractivity contribution is -0.414. The minimum atomic E-state index is 1.19. The number of anilines is 1. The first-order valence-electron chi connectivity index (χ1n) is 4.07. The zero-order chi connectivity index (χ0) is 8.97. The first-order chi connectivity index (χ1) is 5.75. The Hall–Kier alpha value is -1.31. The van der Waals surface area contributed by atoms with Gasteiger partial charge >= 0.3 is 0 Å². The molecule has 0 spiro atoms. The van der Waals surface area contributed by atoms with Crippen LogP contribution in [-0.4, -0.2) is 13.4 Å². The largest absolute Gasteiger partial charge is 0.284 e. The molecular weight excluding hydrogens is 148 g/mol. The quantitative estimate of drug-likeness (QED) is 0.480. The van der Waals surface area contributed by atoms with Crippen molar-refractivity contribution in [3.05, 3.63) is 29.3 Å². The van der Waals surface area contributed by atoms with Gasteiger partial charge in [0.25, 0.3) is 0 Å². The van der Waals surface area contributed by atoms with Gasteiger partial charge in [-0.15, -0.1) is 0 Å². The summed E-state index contributed by atoms with van der Waals surface area (Å²) in [5.74, 6) is 0. The van der Waals surface area contributed by atoms with Crippen molar-refractivity contribution in [3.8, 4) is 0 Å². The first-order valence-corrected chi connectivity index (χ1v) is 4.07. The van der Waals surface area contributed by atoms with E-state index in [-0.39, 0.29) is 0 Å². The average molecular weight is 163 g/mol. The molecule has 2 N–H and O–H groups in total. The summed E-state index contributed by atoms with van der Waals surface area (Å²) < 4.78 is 0. The smallest absolute Gasteiger partial charge is 0.234 e. The summed E-state index contributed by atoms with van der Waals surface area (Å²) in [5, 5.41) is 3.19. The van der Waals surface area contributed by atoms with Crippen LogP contribution in [0.1, 0.15) is 11.1 Å². The van der Waals surface area contributed by atoms with Gasteiger partial charge in [-0.2, -0.15) is 0 Å². The molecule has 0 bridgehead atoms. The molecule has 0 saturated heterocycles. The second kappa shape index (κ2) is 3.90. The molecule has 0 radical (unpaired) electrons. The molecule has 0 aliphatic heterocycles. The van der Waals surface area contributed by atoms with E-state index in [1.807, 2.05) is 13.4 Å². The third-order valence-electron chi connectivity index (χ3n) is 1.84. The van der Waals surface area contributed by atoms with Crippen molar-refractivity contribution in [3.63, 3.8) is 0 Å². The van der Waals surface area contributed by atoms with Crippen LogP contribution in [0.25, 0.3) is 0 Å². The van der Waals surface area contributed by atoms with Crippen molar-refractivity contribution in [2.45, 2.75) is 13.8 Å². The fourth-order valence-corrected chi connectivity index (χ4v) is 1.19. The Kier molecular flexibility index (Phi) is 2.86. The zero-order valence-corrected chi connectivity index (χ0v) is 7.81. The lowest BCUT2D eigenvalue weighted by atomic mass is 10.1. The van der Waals surface area contributed by atoms with Gasteiger partial charge in [0.05, 0.1) is 7.05 Å². The van der Waals surface area contributed by atoms with Crippen LogP contribution in [0.3, 0.4) is 0 Å². The summed E-state index contributed by atoms with van der Waals surface area (Å²) in [4.78, 5) is 2.93. The molecule has 0 fully saturated rings. The molecule has 64 valence electrons. The Morgan fingerprint density at radius 1 is 1.25 bits per heavy atom. The van der Waals surface area contributed by atoms with Crippen LogP contribution >= 0.6 is 0 Å². The van der Waals surface area contributed by atoms with E-state index in [0.29, 0.717) is 0 Å². The van der Waals surface area contributed by atoms with Crippen LogP contribution in [-0.2, 0) is 0 Å². The van der Waals surface area contributed by atoms with Crippen molar-refractivity contribution in [1.29, 1.82) is 0 Å². The highest BCUT2D eigenvalue weighted by Gasteiger charge is 2.02. The Balaban J connectivity index is 2.96. The predicted octanol–water partition coefficient (Wildman–Crippen LogP) is 0.454. The summed E-state index contributed by atoms with van der Waals surface area (Å²) >= 11 is 0. The highest BCUT2D eigenvalue weighted by molar-refractivity contribution is 5.75. The fourth-order valence-electron chi connectivity index (χ4n) is 1.19. The molecule has 12 heavy (non-hydrogen) atoms. The summed E-state index contributed by atoms with van der Waals surface area (Å²) in [6, 6.07) is 6.26. The Bertz CT molecular complexity index is 270. The van der Waals surface area contributed by atoms with E-state index in [1.54, 1.807) is 0 Å². The Morgan fingerprint density at radius 3 is 2.33 bits per heavy atom. The van der Waals surface area contributed by atoms with Crippen molar-refractivity contribution in [1.82, 2.24) is 0 Å². The maximum absolute atomic E-state index is 3.19. The van der Waals surface area contributed by atoms with Crippen LogP contribution in [0.5, 0.6) is 0 Å². The molecule has 0 atom stereocenters. The van der Waals surface area contributed by atoms with Gasteiger partial charge in [0, 0.05) is 0 Å². The molecule has 0 aliphatic rings. The second-order valence-electron chi connectivity index (χ2n) is 2.84. The lowest BCUT2D eigenvalue weighted by Crippen LogP contribution is -2.64. The van der Waals surface area contributed by atoms with E-state index in [4.69, 9.17) is 0 Å². The third-order valence-corrected chi connectivity index (χ3v) is 1.84. The number of aryl methyl sites for hydroxylation is 2. The van der Waals surface area contributed by atoms with Crippen molar-refractivity contribution in [2.75, 3.05) is 12.4 Å². The van der Waals surface area contributed by atoms with Crippen molar-refractivity contribution < 1.29 is 4.99 Å². The standard InChI is InChI=1S/C10H14N2/c1-8-5-4-6-9(2)10(8)12-7-11-3/h4-7H,1-3H3,(H,11,12)/p+1. The zero-order valence-electron chi connectivity index (χ0n) is 7.81. The van der Waals surface area contributed by atoms with E-state index in [1.165, 1.54) is 16.8 Å². The van der Waals surface area contributed by atoms with E-state index in [2.05, 4.69) is 42.4 Å². The van der Waals surface area contributed by atoms with E-state index in [0.717, 1.165) is 0 Å². The number of hydrogen-bond acceptors (Lipinski definition) is 0. The Labute approximate surface area is 73.3 Å². The van der Waals surface area contributed by atoms with Crippen molar-refractivity contribution in [2.24, 2.45) is 0 Å². The molecule has 0 unspecified atom stereocenters. The van der Waals surface area contributed by atoms with Gasteiger partial charge in [-0.05, 0) is 25.0 Å². The summed E-state index contributed by atoms with van der Waals surface area (Å²) in [5.41, 5.74) is 3.72. The molecule has 1 rings (SSSR count). The molecule has 1 aromatic carbocycles. The summed E-state index contributed by atoms with van der Waals surface area (Å²) in [6.07, 6.45) is 1.83. The van der Waals surface area contributed by atoms with Crippen molar-refractivity contribution >= 4 is 12.0 Å². The first kappa shape index (κ1) is 8.78. The summed E-state index contributed by atoms with van der Waals surface area (Å²) in [6.45, 7) is 4.19. The normalized spacial score (nSPS) is 10.6. The van der Waals surface area contributed by atoms with Gasteiger partial charge in [0.2, 0.25) is 6.34 Å². The van der Waals surface area contributed by atoms with Crippen LogP contribution < -0.4 is 10.3 Å². The number of hydrogen-bond donors (Lipinski definition) is 2. The Morgan fingerprint density at radius 2 is 1.83 bits per heavy atom. The van der Waals surface area contributed by atoms with Crippen LogP contribution in [0.15, 0.2) is 18.2 Å². The van der Waals surface area contributed by atoms with Gasteiger partial charge in [0.1, 0.15) is 5.69 Å². The molecule has 0 aromatic heterocycles. The SMILES string of the molecule is C[NH+]=CNc1c(C)cccc1C. The van der Waals surface area contributed by atoms with Crippen LogP contribution in [0.4, 0.5) is 5.69 Å². The molecule has 1 aromatic rings. The number of rotatable bonds is 2. The topological polar surface area (TPSA) is 26.0 Å². The molecule has 2 nitrogen and oxygen atoms in total. The van der Waals surface area contributed by atoms with E-state index in [9.17, 15) is 0 Å².